The van der Waals surface area contributed by atoms with E-state index in [0.29, 0.717) is 24.9 Å². The summed E-state index contributed by atoms with van der Waals surface area (Å²) in [6.07, 6.45) is 2.86. The monoisotopic (exact) mass is 373 g/mol. The SMILES string of the molecule is Cc1cc(C)cc(NC(=O)CCCn2c(=O)c3cccn3c3ccccc32)c1. The topological polar surface area (TPSA) is 55.5 Å². The van der Waals surface area contributed by atoms with E-state index in [-0.39, 0.29) is 11.5 Å². The highest BCUT2D eigenvalue weighted by Crippen LogP contribution is 2.17. The average Bonchev–Trinajstić information content (AvgIpc) is 3.14. The normalized spacial score (nSPS) is 11.2. The van der Waals surface area contributed by atoms with Crippen molar-refractivity contribution in [3.8, 4) is 0 Å². The van der Waals surface area contributed by atoms with Crippen molar-refractivity contribution in [3.63, 3.8) is 0 Å². The summed E-state index contributed by atoms with van der Waals surface area (Å²) in [5, 5.41) is 2.96. The second kappa shape index (κ2) is 7.35. The summed E-state index contributed by atoms with van der Waals surface area (Å²) in [5.74, 6) is -0.0360. The summed E-state index contributed by atoms with van der Waals surface area (Å²) in [7, 11) is 0. The van der Waals surface area contributed by atoms with Crippen LogP contribution < -0.4 is 10.9 Å². The van der Waals surface area contributed by atoms with Crippen LogP contribution in [-0.4, -0.2) is 14.9 Å². The predicted molar refractivity (Wildman–Crippen MR) is 113 cm³/mol. The fourth-order valence-electron chi connectivity index (χ4n) is 3.80. The van der Waals surface area contributed by atoms with Crippen LogP contribution in [0.3, 0.4) is 0 Å². The first kappa shape index (κ1) is 18.0. The number of anilines is 1. The molecule has 2 aromatic heterocycles. The van der Waals surface area contributed by atoms with Crippen molar-refractivity contribution < 1.29 is 4.79 Å². The first-order chi connectivity index (χ1) is 13.5. The standard InChI is InChI=1S/C23H23N3O2/c1-16-13-17(2)15-18(14-16)24-22(27)10-6-12-26-20-8-4-3-7-19(20)25-11-5-9-21(25)23(26)28/h3-5,7-9,11,13-15H,6,10,12H2,1-2H3,(H,24,27). The van der Waals surface area contributed by atoms with Gasteiger partial charge in [-0.1, -0.05) is 18.2 Å². The second-order valence-corrected chi connectivity index (χ2v) is 7.24. The van der Waals surface area contributed by atoms with Crippen molar-refractivity contribution in [1.29, 1.82) is 0 Å². The van der Waals surface area contributed by atoms with Crippen LogP contribution in [0.2, 0.25) is 0 Å². The van der Waals surface area contributed by atoms with Gasteiger partial charge < -0.3 is 14.3 Å². The molecule has 0 fully saturated rings. The second-order valence-electron chi connectivity index (χ2n) is 7.24. The highest BCUT2D eigenvalue weighted by Gasteiger charge is 2.11. The van der Waals surface area contributed by atoms with Gasteiger partial charge in [-0.25, -0.2) is 0 Å². The van der Waals surface area contributed by atoms with Gasteiger partial charge in [0.2, 0.25) is 5.91 Å². The summed E-state index contributed by atoms with van der Waals surface area (Å²) < 4.78 is 3.69. The number of hydrogen-bond donors (Lipinski definition) is 1. The number of fused-ring (bicyclic) bond motifs is 3. The molecule has 0 bridgehead atoms. The van der Waals surface area contributed by atoms with Gasteiger partial charge in [0.25, 0.3) is 5.56 Å². The zero-order valence-electron chi connectivity index (χ0n) is 16.1. The van der Waals surface area contributed by atoms with E-state index in [4.69, 9.17) is 0 Å². The van der Waals surface area contributed by atoms with Crippen LogP contribution in [0.25, 0.3) is 16.6 Å². The maximum Gasteiger partial charge on any atom is 0.275 e. The van der Waals surface area contributed by atoms with E-state index in [9.17, 15) is 9.59 Å². The lowest BCUT2D eigenvalue weighted by Gasteiger charge is -2.13. The van der Waals surface area contributed by atoms with Gasteiger partial charge in [0.05, 0.1) is 11.0 Å². The largest absolute Gasteiger partial charge is 0.326 e. The maximum absolute atomic E-state index is 12.9. The van der Waals surface area contributed by atoms with E-state index in [1.54, 1.807) is 4.57 Å². The quantitative estimate of drug-likeness (QED) is 0.567. The molecule has 0 aliphatic heterocycles. The molecule has 4 aromatic rings. The molecule has 0 radical (unpaired) electrons. The number of carbonyl (C=O) groups excluding carboxylic acids is 1. The fourth-order valence-corrected chi connectivity index (χ4v) is 3.80. The Morgan fingerprint density at radius 1 is 0.929 bits per heavy atom. The number of rotatable bonds is 5. The Morgan fingerprint density at radius 2 is 1.61 bits per heavy atom. The molecule has 0 spiro atoms. The van der Waals surface area contributed by atoms with E-state index in [1.165, 1.54) is 0 Å². The van der Waals surface area contributed by atoms with E-state index in [2.05, 4.69) is 11.4 Å². The van der Waals surface area contributed by atoms with Gasteiger partial charge in [0.15, 0.2) is 0 Å². The number of aromatic nitrogens is 2. The van der Waals surface area contributed by atoms with Crippen LogP contribution in [0.5, 0.6) is 0 Å². The van der Waals surface area contributed by atoms with Gasteiger partial charge in [-0.15, -0.1) is 0 Å². The van der Waals surface area contributed by atoms with Crippen LogP contribution in [-0.2, 0) is 11.3 Å². The molecule has 5 heteroatoms. The molecule has 1 amide bonds. The van der Waals surface area contributed by atoms with E-state index in [1.807, 2.05) is 73.0 Å². The van der Waals surface area contributed by atoms with E-state index < -0.39 is 0 Å². The van der Waals surface area contributed by atoms with Crippen LogP contribution >= 0.6 is 0 Å². The number of nitrogens with zero attached hydrogens (tertiary/aromatic N) is 2. The molecule has 1 N–H and O–H groups in total. The van der Waals surface area contributed by atoms with Gasteiger partial charge in [0.1, 0.15) is 5.52 Å². The van der Waals surface area contributed by atoms with Gasteiger partial charge in [-0.05, 0) is 67.8 Å². The van der Waals surface area contributed by atoms with Gasteiger partial charge in [-0.2, -0.15) is 0 Å². The lowest BCUT2D eigenvalue weighted by atomic mass is 10.1. The molecular weight excluding hydrogens is 350 g/mol. The minimum atomic E-state index is -0.0360. The van der Waals surface area contributed by atoms with Crippen LogP contribution in [0.15, 0.2) is 65.6 Å². The average molecular weight is 373 g/mol. The highest BCUT2D eigenvalue weighted by atomic mass is 16.1. The van der Waals surface area contributed by atoms with Crippen molar-refractivity contribution in [2.75, 3.05) is 5.32 Å². The number of benzene rings is 2. The van der Waals surface area contributed by atoms with Gasteiger partial charge in [-0.3, -0.25) is 9.59 Å². The molecule has 0 aliphatic carbocycles. The molecule has 0 saturated carbocycles. The van der Waals surface area contributed by atoms with Crippen LogP contribution in [0, 0.1) is 13.8 Å². The molecule has 2 heterocycles. The van der Waals surface area contributed by atoms with E-state index in [0.717, 1.165) is 27.8 Å². The summed E-state index contributed by atoms with van der Waals surface area (Å²) in [6.45, 7) is 4.52. The Labute approximate surface area is 163 Å². The van der Waals surface area contributed by atoms with Crippen molar-refractivity contribution in [2.24, 2.45) is 0 Å². The van der Waals surface area contributed by atoms with Crippen molar-refractivity contribution >= 4 is 28.1 Å². The third kappa shape index (κ3) is 3.43. The lowest BCUT2D eigenvalue weighted by molar-refractivity contribution is -0.116. The Kier molecular flexibility index (Phi) is 4.74. The molecule has 0 aliphatic rings. The number of amides is 1. The molecule has 4 rings (SSSR count). The minimum absolute atomic E-state index is 0.0292. The maximum atomic E-state index is 12.9. The molecule has 0 saturated heterocycles. The summed E-state index contributed by atoms with van der Waals surface area (Å²) in [5.41, 5.74) is 5.55. The Hall–Kier alpha value is -3.34. The molecule has 142 valence electrons. The van der Waals surface area contributed by atoms with Crippen LogP contribution in [0.4, 0.5) is 5.69 Å². The van der Waals surface area contributed by atoms with Crippen molar-refractivity contribution in [2.45, 2.75) is 33.2 Å². The first-order valence-corrected chi connectivity index (χ1v) is 9.50. The van der Waals surface area contributed by atoms with Crippen molar-refractivity contribution in [3.05, 3.63) is 82.3 Å². The minimum Gasteiger partial charge on any atom is -0.326 e. The summed E-state index contributed by atoms with van der Waals surface area (Å²) in [6, 6.07) is 17.6. The number of carbonyl (C=O) groups is 1. The van der Waals surface area contributed by atoms with Crippen molar-refractivity contribution in [1.82, 2.24) is 8.97 Å². The Balaban J connectivity index is 1.52. The molecular formula is C23H23N3O2. The smallest absolute Gasteiger partial charge is 0.275 e. The lowest BCUT2D eigenvalue weighted by Crippen LogP contribution is -2.23. The molecule has 28 heavy (non-hydrogen) atoms. The van der Waals surface area contributed by atoms with Gasteiger partial charge >= 0.3 is 0 Å². The number of aryl methyl sites for hydroxylation is 3. The molecule has 5 nitrogen and oxygen atoms in total. The highest BCUT2D eigenvalue weighted by molar-refractivity contribution is 5.90. The first-order valence-electron chi connectivity index (χ1n) is 9.50. The molecule has 0 atom stereocenters. The van der Waals surface area contributed by atoms with Crippen LogP contribution in [0.1, 0.15) is 24.0 Å². The molecule has 0 unspecified atom stereocenters. The van der Waals surface area contributed by atoms with Gasteiger partial charge in [0, 0.05) is 24.8 Å². The number of nitrogens with one attached hydrogen (secondary N) is 1. The Bertz CT molecular complexity index is 1210. The van der Waals surface area contributed by atoms with E-state index >= 15 is 0 Å². The fraction of sp³-hybridized carbons (Fsp3) is 0.217. The molecule has 2 aromatic carbocycles. The Morgan fingerprint density at radius 3 is 2.36 bits per heavy atom. The number of para-hydroxylation sites is 2. The predicted octanol–water partition coefficient (Wildman–Crippen LogP) is 4.29. The summed E-state index contributed by atoms with van der Waals surface area (Å²) >= 11 is 0. The zero-order valence-corrected chi connectivity index (χ0v) is 16.1. The summed E-state index contributed by atoms with van der Waals surface area (Å²) in [4.78, 5) is 25.2. The third-order valence-corrected chi connectivity index (χ3v) is 4.94. The zero-order chi connectivity index (χ0) is 19.7. The number of hydrogen-bond acceptors (Lipinski definition) is 2. The third-order valence-electron chi connectivity index (χ3n) is 4.94.